The maximum atomic E-state index is 11.7. The Labute approximate surface area is 102 Å². The van der Waals surface area contributed by atoms with Crippen LogP contribution in [-0.4, -0.2) is 57.0 Å². The molecule has 17 heavy (non-hydrogen) atoms. The first kappa shape index (κ1) is 15.7. The Balaban J connectivity index is 4.21. The molecule has 6 heteroatoms. The molecule has 6 nitrogen and oxygen atoms in total. The summed E-state index contributed by atoms with van der Waals surface area (Å²) in [5, 5.41) is 0. The van der Waals surface area contributed by atoms with Crippen molar-refractivity contribution in [2.75, 3.05) is 33.9 Å². The van der Waals surface area contributed by atoms with Crippen LogP contribution >= 0.6 is 0 Å². The quantitative estimate of drug-likeness (QED) is 0.629. The van der Waals surface area contributed by atoms with Crippen molar-refractivity contribution in [2.24, 2.45) is 0 Å². The van der Waals surface area contributed by atoms with E-state index in [-0.39, 0.29) is 25.0 Å². The molecule has 0 rings (SSSR count). The molecule has 0 aromatic heterocycles. The smallest absolute Gasteiger partial charge is 0.410 e. The first-order valence-corrected chi connectivity index (χ1v) is 5.52. The van der Waals surface area contributed by atoms with Crippen LogP contribution in [0.2, 0.25) is 0 Å². The molecular formula is C11H21NO5. The second-order valence-corrected chi connectivity index (χ2v) is 3.74. The van der Waals surface area contributed by atoms with Crippen LogP contribution in [0.15, 0.2) is 0 Å². The zero-order valence-corrected chi connectivity index (χ0v) is 10.9. The van der Waals surface area contributed by atoms with E-state index in [4.69, 9.17) is 9.47 Å². The maximum Gasteiger partial charge on any atom is 0.410 e. The lowest BCUT2D eigenvalue weighted by atomic mass is 10.4. The fourth-order valence-corrected chi connectivity index (χ4v) is 1.10. The van der Waals surface area contributed by atoms with Gasteiger partial charge in [0, 0.05) is 20.2 Å². The monoisotopic (exact) mass is 247 g/mol. The van der Waals surface area contributed by atoms with Gasteiger partial charge in [0.1, 0.15) is 0 Å². The fourth-order valence-electron chi connectivity index (χ4n) is 1.10. The number of carbonyl (C=O) groups is 2. The molecule has 0 aliphatic heterocycles. The van der Waals surface area contributed by atoms with E-state index >= 15 is 0 Å². The molecule has 0 saturated heterocycles. The van der Waals surface area contributed by atoms with Crippen molar-refractivity contribution in [3.8, 4) is 0 Å². The van der Waals surface area contributed by atoms with Gasteiger partial charge in [-0.2, -0.15) is 0 Å². The van der Waals surface area contributed by atoms with Crippen molar-refractivity contribution in [3.63, 3.8) is 0 Å². The minimum atomic E-state index is -0.444. The number of hydrogen-bond acceptors (Lipinski definition) is 5. The number of nitrogens with zero attached hydrogens (tertiary/aromatic N) is 1. The Hall–Kier alpha value is -1.30. The summed E-state index contributed by atoms with van der Waals surface area (Å²) in [6.07, 6.45) is -0.487. The summed E-state index contributed by atoms with van der Waals surface area (Å²) >= 11 is 0. The molecule has 1 amide bonds. The van der Waals surface area contributed by atoms with Gasteiger partial charge in [0.2, 0.25) is 0 Å². The molecule has 0 aromatic carbocycles. The molecule has 0 unspecified atom stereocenters. The van der Waals surface area contributed by atoms with E-state index in [9.17, 15) is 9.59 Å². The predicted octanol–water partition coefficient (Wildman–Crippen LogP) is 1.04. The minimum absolute atomic E-state index is 0.146. The normalized spacial score (nSPS) is 10.2. The molecule has 0 saturated carbocycles. The number of carbonyl (C=O) groups excluding carboxylic acids is 2. The van der Waals surface area contributed by atoms with Gasteiger partial charge in [-0.05, 0) is 13.8 Å². The van der Waals surface area contributed by atoms with Crippen LogP contribution < -0.4 is 0 Å². The van der Waals surface area contributed by atoms with E-state index in [1.54, 1.807) is 21.0 Å². The summed E-state index contributed by atoms with van der Waals surface area (Å²) in [6, 6.07) is 0. The lowest BCUT2D eigenvalue weighted by Crippen LogP contribution is -2.37. The van der Waals surface area contributed by atoms with Gasteiger partial charge in [-0.3, -0.25) is 4.79 Å². The van der Waals surface area contributed by atoms with Gasteiger partial charge in [-0.1, -0.05) is 0 Å². The van der Waals surface area contributed by atoms with Gasteiger partial charge in [0.15, 0.2) is 0 Å². The van der Waals surface area contributed by atoms with Crippen LogP contribution in [0.5, 0.6) is 0 Å². The van der Waals surface area contributed by atoms with Crippen LogP contribution in [0.3, 0.4) is 0 Å². The fraction of sp³-hybridized carbons (Fsp3) is 0.818. The summed E-state index contributed by atoms with van der Waals surface area (Å²) in [4.78, 5) is 24.1. The number of methoxy groups -OCH3 is 2. The number of hydrogen-bond donors (Lipinski definition) is 0. The van der Waals surface area contributed by atoms with Crippen molar-refractivity contribution < 1.29 is 23.8 Å². The van der Waals surface area contributed by atoms with Crippen molar-refractivity contribution in [2.45, 2.75) is 26.4 Å². The molecule has 0 radical (unpaired) electrons. The minimum Gasteiger partial charge on any atom is -0.469 e. The highest BCUT2D eigenvalue weighted by Gasteiger charge is 2.17. The lowest BCUT2D eigenvalue weighted by Gasteiger charge is -2.22. The maximum absolute atomic E-state index is 11.7. The standard InChI is InChI=1S/C11H21NO5/c1-9(2)17-11(14)12(7-8-15-3)6-5-10(13)16-4/h9H,5-8H2,1-4H3. The summed E-state index contributed by atoms with van der Waals surface area (Å²) in [6.45, 7) is 4.59. The molecule has 0 bridgehead atoms. The zero-order chi connectivity index (χ0) is 13.3. The summed E-state index contributed by atoms with van der Waals surface area (Å²) in [5.74, 6) is -0.357. The summed E-state index contributed by atoms with van der Waals surface area (Å²) in [5.41, 5.74) is 0. The second kappa shape index (κ2) is 8.81. The van der Waals surface area contributed by atoms with Gasteiger partial charge in [-0.25, -0.2) is 4.79 Å². The van der Waals surface area contributed by atoms with Crippen LogP contribution in [-0.2, 0) is 19.0 Å². The van der Waals surface area contributed by atoms with E-state index in [0.717, 1.165) is 0 Å². The third kappa shape index (κ3) is 7.57. The van der Waals surface area contributed by atoms with Crippen molar-refractivity contribution >= 4 is 12.1 Å². The predicted molar refractivity (Wildman–Crippen MR) is 61.7 cm³/mol. The van der Waals surface area contributed by atoms with Crippen LogP contribution in [0.1, 0.15) is 20.3 Å². The third-order valence-electron chi connectivity index (χ3n) is 1.97. The van der Waals surface area contributed by atoms with Crippen molar-refractivity contribution in [1.82, 2.24) is 4.90 Å². The molecule has 0 aliphatic rings. The molecule has 100 valence electrons. The van der Waals surface area contributed by atoms with E-state index in [1.807, 2.05) is 0 Å². The summed E-state index contributed by atoms with van der Waals surface area (Å²) < 4.78 is 14.5. The zero-order valence-electron chi connectivity index (χ0n) is 10.9. The third-order valence-corrected chi connectivity index (χ3v) is 1.97. The molecule has 0 aliphatic carbocycles. The van der Waals surface area contributed by atoms with Crippen LogP contribution in [0, 0.1) is 0 Å². The average molecular weight is 247 g/mol. The number of ether oxygens (including phenoxy) is 3. The summed E-state index contributed by atoms with van der Waals surface area (Å²) in [7, 11) is 2.86. The van der Waals surface area contributed by atoms with Gasteiger partial charge in [0.05, 0.1) is 26.2 Å². The van der Waals surface area contributed by atoms with Crippen LogP contribution in [0.25, 0.3) is 0 Å². The van der Waals surface area contributed by atoms with Gasteiger partial charge >= 0.3 is 12.1 Å². The first-order valence-electron chi connectivity index (χ1n) is 5.52. The lowest BCUT2D eigenvalue weighted by molar-refractivity contribution is -0.140. The SMILES string of the molecule is COCCN(CCC(=O)OC)C(=O)OC(C)C. The molecule has 0 aromatic rings. The number of esters is 1. The Morgan fingerprint density at radius 1 is 1.18 bits per heavy atom. The Morgan fingerprint density at radius 2 is 1.82 bits per heavy atom. The Kier molecular flexibility index (Phi) is 8.13. The van der Waals surface area contributed by atoms with E-state index in [0.29, 0.717) is 13.2 Å². The molecule has 0 spiro atoms. The topological polar surface area (TPSA) is 65.1 Å². The van der Waals surface area contributed by atoms with E-state index < -0.39 is 6.09 Å². The number of rotatable bonds is 7. The van der Waals surface area contributed by atoms with Crippen molar-refractivity contribution in [3.05, 3.63) is 0 Å². The van der Waals surface area contributed by atoms with E-state index in [2.05, 4.69) is 4.74 Å². The highest BCUT2D eigenvalue weighted by Crippen LogP contribution is 2.00. The second-order valence-electron chi connectivity index (χ2n) is 3.74. The van der Waals surface area contributed by atoms with Gasteiger partial charge in [0.25, 0.3) is 0 Å². The van der Waals surface area contributed by atoms with Crippen molar-refractivity contribution in [1.29, 1.82) is 0 Å². The number of amides is 1. The Morgan fingerprint density at radius 3 is 2.29 bits per heavy atom. The molecule has 0 N–H and O–H groups in total. The van der Waals surface area contributed by atoms with Crippen LogP contribution in [0.4, 0.5) is 4.79 Å². The first-order chi connectivity index (χ1) is 8.01. The Bertz CT molecular complexity index is 242. The van der Waals surface area contributed by atoms with Gasteiger partial charge in [-0.15, -0.1) is 0 Å². The molecule has 0 atom stereocenters. The average Bonchev–Trinajstić information content (AvgIpc) is 2.27. The largest absolute Gasteiger partial charge is 0.469 e. The highest BCUT2D eigenvalue weighted by atomic mass is 16.6. The molecule has 0 heterocycles. The molecule has 0 fully saturated rings. The van der Waals surface area contributed by atoms with E-state index in [1.165, 1.54) is 12.0 Å². The highest BCUT2D eigenvalue weighted by molar-refractivity contribution is 5.71. The van der Waals surface area contributed by atoms with Gasteiger partial charge < -0.3 is 19.1 Å². The molecular weight excluding hydrogens is 226 g/mol.